The Morgan fingerprint density at radius 1 is 1.20 bits per heavy atom. The lowest BCUT2D eigenvalue weighted by atomic mass is 10.0. The van der Waals surface area contributed by atoms with Gasteiger partial charge in [0, 0.05) is 18.2 Å². The van der Waals surface area contributed by atoms with Crippen molar-refractivity contribution in [1.82, 2.24) is 10.6 Å². The van der Waals surface area contributed by atoms with E-state index >= 15 is 0 Å². The van der Waals surface area contributed by atoms with E-state index in [-0.39, 0.29) is 31.0 Å². The predicted octanol–water partition coefficient (Wildman–Crippen LogP) is 2.26. The molecule has 3 rings (SSSR count). The van der Waals surface area contributed by atoms with Crippen LogP contribution in [0.25, 0.3) is 0 Å². The summed E-state index contributed by atoms with van der Waals surface area (Å²) in [5.41, 5.74) is 2.08. The fraction of sp³-hybridized carbons (Fsp3) is 0.278. The molecule has 0 bridgehead atoms. The van der Waals surface area contributed by atoms with Crippen LogP contribution in [0.4, 0.5) is 13.6 Å². The zero-order valence-electron chi connectivity index (χ0n) is 13.4. The summed E-state index contributed by atoms with van der Waals surface area (Å²) < 4.78 is 32.2. The van der Waals surface area contributed by atoms with E-state index in [0.29, 0.717) is 18.5 Å². The Labute approximate surface area is 143 Å². The number of halogens is 2. The molecule has 0 aliphatic carbocycles. The highest BCUT2D eigenvalue weighted by molar-refractivity contribution is 5.74. The van der Waals surface area contributed by atoms with Crippen molar-refractivity contribution in [3.05, 3.63) is 64.7 Å². The van der Waals surface area contributed by atoms with E-state index in [9.17, 15) is 13.6 Å². The predicted molar refractivity (Wildman–Crippen MR) is 87.1 cm³/mol. The largest absolute Gasteiger partial charge is 0.488 e. The third-order valence-electron chi connectivity index (χ3n) is 3.97. The average molecular weight is 348 g/mol. The smallest absolute Gasteiger partial charge is 0.315 e. The molecule has 1 unspecified atom stereocenters. The minimum atomic E-state index is -0.732. The van der Waals surface area contributed by atoms with Crippen molar-refractivity contribution in [3.8, 4) is 5.75 Å². The molecule has 0 aromatic heterocycles. The van der Waals surface area contributed by atoms with E-state index in [4.69, 9.17) is 9.84 Å². The molecule has 3 N–H and O–H groups in total. The molecule has 2 amide bonds. The molecule has 1 aliphatic rings. The third-order valence-corrected chi connectivity index (χ3v) is 3.97. The van der Waals surface area contributed by atoms with Crippen LogP contribution < -0.4 is 15.4 Å². The van der Waals surface area contributed by atoms with E-state index in [1.165, 1.54) is 6.07 Å². The van der Waals surface area contributed by atoms with Gasteiger partial charge in [-0.25, -0.2) is 13.6 Å². The number of carbonyl (C=O) groups is 1. The number of nitrogens with one attached hydrogen (secondary N) is 2. The normalized spacial score (nSPS) is 15.9. The van der Waals surface area contributed by atoms with Gasteiger partial charge in [0.1, 0.15) is 12.4 Å². The SMILES string of the molecule is O=C(NCc1ccc(CO)cc1)NC1COc2c(F)cc(F)cc2C1. The van der Waals surface area contributed by atoms with Crippen LogP contribution in [-0.2, 0) is 19.6 Å². The molecule has 1 aliphatic heterocycles. The van der Waals surface area contributed by atoms with Crippen LogP contribution in [0, 0.1) is 11.6 Å². The summed E-state index contributed by atoms with van der Waals surface area (Å²) in [6, 6.07) is 8.43. The van der Waals surface area contributed by atoms with Crippen LogP contribution in [0.1, 0.15) is 16.7 Å². The Hall–Kier alpha value is -2.67. The number of hydrogen-bond acceptors (Lipinski definition) is 3. The number of ether oxygens (including phenoxy) is 1. The molecular weight excluding hydrogens is 330 g/mol. The van der Waals surface area contributed by atoms with Crippen LogP contribution in [0.2, 0.25) is 0 Å². The Morgan fingerprint density at radius 2 is 1.92 bits per heavy atom. The molecule has 2 aromatic carbocycles. The van der Waals surface area contributed by atoms with Gasteiger partial charge in [-0.05, 0) is 23.6 Å². The lowest BCUT2D eigenvalue weighted by molar-refractivity contribution is 0.209. The Bertz CT molecular complexity index is 766. The molecule has 7 heteroatoms. The maximum Gasteiger partial charge on any atom is 0.315 e. The number of fused-ring (bicyclic) bond motifs is 1. The van der Waals surface area contributed by atoms with Crippen molar-refractivity contribution in [2.24, 2.45) is 0 Å². The summed E-state index contributed by atoms with van der Waals surface area (Å²) in [4.78, 5) is 12.0. The zero-order chi connectivity index (χ0) is 17.8. The first-order valence-electron chi connectivity index (χ1n) is 7.89. The molecule has 0 spiro atoms. The van der Waals surface area contributed by atoms with Gasteiger partial charge >= 0.3 is 6.03 Å². The van der Waals surface area contributed by atoms with Crippen LogP contribution in [0.5, 0.6) is 5.75 Å². The number of rotatable bonds is 4. The molecular formula is C18H18F2N2O3. The minimum Gasteiger partial charge on any atom is -0.488 e. The molecule has 1 heterocycles. The zero-order valence-corrected chi connectivity index (χ0v) is 13.4. The molecule has 132 valence electrons. The van der Waals surface area contributed by atoms with Gasteiger partial charge < -0.3 is 20.5 Å². The monoisotopic (exact) mass is 348 g/mol. The van der Waals surface area contributed by atoms with E-state index in [1.807, 2.05) is 12.1 Å². The first-order valence-corrected chi connectivity index (χ1v) is 7.89. The van der Waals surface area contributed by atoms with Gasteiger partial charge in [0.05, 0.1) is 12.6 Å². The topological polar surface area (TPSA) is 70.6 Å². The number of urea groups is 1. The molecule has 2 aromatic rings. The number of amides is 2. The van der Waals surface area contributed by atoms with Crippen molar-refractivity contribution in [1.29, 1.82) is 0 Å². The lowest BCUT2D eigenvalue weighted by Gasteiger charge is -2.26. The summed E-state index contributed by atoms with van der Waals surface area (Å²) in [7, 11) is 0. The van der Waals surface area contributed by atoms with Crippen LogP contribution in [0.3, 0.4) is 0 Å². The highest BCUT2D eigenvalue weighted by atomic mass is 19.1. The summed E-state index contributed by atoms with van der Waals surface area (Å²) in [5, 5.41) is 14.4. The number of aliphatic hydroxyl groups is 1. The number of aliphatic hydroxyl groups excluding tert-OH is 1. The summed E-state index contributed by atoms with van der Waals surface area (Å²) >= 11 is 0. The molecule has 1 atom stereocenters. The van der Waals surface area contributed by atoms with E-state index in [1.54, 1.807) is 12.1 Å². The molecule has 0 saturated carbocycles. The Kier molecular flexibility index (Phi) is 5.14. The summed E-state index contributed by atoms with van der Waals surface area (Å²) in [6.07, 6.45) is 0.294. The first kappa shape index (κ1) is 17.2. The third kappa shape index (κ3) is 4.24. The van der Waals surface area contributed by atoms with E-state index < -0.39 is 11.6 Å². The fourth-order valence-electron chi connectivity index (χ4n) is 2.71. The van der Waals surface area contributed by atoms with Gasteiger partial charge in [-0.2, -0.15) is 0 Å². The second-order valence-corrected chi connectivity index (χ2v) is 5.89. The fourth-order valence-corrected chi connectivity index (χ4v) is 2.71. The number of carbonyl (C=O) groups excluding carboxylic acids is 1. The second-order valence-electron chi connectivity index (χ2n) is 5.89. The van der Waals surface area contributed by atoms with Gasteiger partial charge in [-0.3, -0.25) is 0 Å². The summed E-state index contributed by atoms with van der Waals surface area (Å²) in [5.74, 6) is -1.36. The van der Waals surface area contributed by atoms with Crippen LogP contribution >= 0.6 is 0 Å². The van der Waals surface area contributed by atoms with Gasteiger partial charge in [-0.1, -0.05) is 24.3 Å². The van der Waals surface area contributed by atoms with Gasteiger partial charge in [0.15, 0.2) is 11.6 Å². The number of hydrogen-bond donors (Lipinski definition) is 3. The highest BCUT2D eigenvalue weighted by Crippen LogP contribution is 2.28. The van der Waals surface area contributed by atoms with E-state index in [2.05, 4.69) is 10.6 Å². The van der Waals surface area contributed by atoms with Crippen molar-refractivity contribution < 1.29 is 23.4 Å². The second kappa shape index (κ2) is 7.48. The molecule has 5 nitrogen and oxygen atoms in total. The van der Waals surface area contributed by atoms with Crippen molar-refractivity contribution in [3.63, 3.8) is 0 Å². The van der Waals surface area contributed by atoms with Gasteiger partial charge in [0.2, 0.25) is 0 Å². The molecule has 0 fully saturated rings. The maximum absolute atomic E-state index is 13.6. The van der Waals surface area contributed by atoms with E-state index in [0.717, 1.165) is 17.2 Å². The number of benzene rings is 2. The van der Waals surface area contributed by atoms with Crippen LogP contribution in [0.15, 0.2) is 36.4 Å². The minimum absolute atomic E-state index is 0.0292. The maximum atomic E-state index is 13.6. The lowest BCUT2D eigenvalue weighted by Crippen LogP contribution is -2.47. The Balaban J connectivity index is 1.53. The average Bonchev–Trinajstić information content (AvgIpc) is 2.60. The van der Waals surface area contributed by atoms with Gasteiger partial charge in [-0.15, -0.1) is 0 Å². The van der Waals surface area contributed by atoms with Crippen LogP contribution in [-0.4, -0.2) is 23.8 Å². The van der Waals surface area contributed by atoms with Crippen molar-refractivity contribution in [2.45, 2.75) is 25.6 Å². The molecule has 25 heavy (non-hydrogen) atoms. The molecule has 0 radical (unpaired) electrons. The Morgan fingerprint density at radius 3 is 2.64 bits per heavy atom. The summed E-state index contributed by atoms with van der Waals surface area (Å²) in [6.45, 7) is 0.414. The standard InChI is InChI=1S/C18H18F2N2O3/c19-14-5-13-6-15(10-25-17(13)16(20)7-14)22-18(24)21-8-11-1-3-12(9-23)4-2-11/h1-5,7,15,23H,6,8-10H2,(H2,21,22,24). The first-order chi connectivity index (χ1) is 12.0. The van der Waals surface area contributed by atoms with Crippen molar-refractivity contribution in [2.75, 3.05) is 6.61 Å². The van der Waals surface area contributed by atoms with Gasteiger partial charge in [0.25, 0.3) is 0 Å². The van der Waals surface area contributed by atoms with Crippen molar-refractivity contribution >= 4 is 6.03 Å². The quantitative estimate of drug-likeness (QED) is 0.794. The highest BCUT2D eigenvalue weighted by Gasteiger charge is 2.24. The molecule has 0 saturated heterocycles.